The Balaban J connectivity index is 2.15. The number of hydrogen-bond donors (Lipinski definition) is 1. The Labute approximate surface area is 132 Å². The van der Waals surface area contributed by atoms with Crippen molar-refractivity contribution in [1.29, 1.82) is 0 Å². The molecule has 2 aromatic rings. The Bertz CT molecular complexity index is 625. The monoisotopic (exact) mass is 323 g/mol. The molecule has 110 valence electrons. The third-order valence-corrected chi connectivity index (χ3v) is 4.21. The molecule has 2 rings (SSSR count). The lowest BCUT2D eigenvalue weighted by molar-refractivity contribution is 0.0936. The minimum absolute atomic E-state index is 0.109. The van der Waals surface area contributed by atoms with Crippen LogP contribution in [0.1, 0.15) is 28.9 Å². The van der Waals surface area contributed by atoms with Crippen LogP contribution in [0.5, 0.6) is 0 Å². The van der Waals surface area contributed by atoms with Gasteiger partial charge in [-0.2, -0.15) is 0 Å². The number of carbonyl (C=O) groups is 1. The smallest absolute Gasteiger partial charge is 0.256 e. The standard InChI is InChI=1S/C16H15ClFNOS/c1-10(11-6-8-12(21-2)9-7-11)19-16(20)15-13(17)4-3-5-14(15)18/h3-10H,1-2H3,(H,19,20)/t10-/m0/s1. The molecule has 1 N–H and O–H groups in total. The fourth-order valence-corrected chi connectivity index (χ4v) is 2.62. The van der Waals surface area contributed by atoms with Crippen LogP contribution in [0.3, 0.4) is 0 Å². The summed E-state index contributed by atoms with van der Waals surface area (Å²) in [5, 5.41) is 2.87. The molecule has 0 aromatic heterocycles. The van der Waals surface area contributed by atoms with E-state index in [2.05, 4.69) is 5.32 Å². The summed E-state index contributed by atoms with van der Waals surface area (Å²) in [5.74, 6) is -1.13. The van der Waals surface area contributed by atoms with Gasteiger partial charge in [0.05, 0.1) is 16.6 Å². The largest absolute Gasteiger partial charge is 0.345 e. The molecule has 0 saturated carbocycles. The van der Waals surface area contributed by atoms with E-state index in [4.69, 9.17) is 11.6 Å². The molecule has 2 nitrogen and oxygen atoms in total. The van der Waals surface area contributed by atoms with Gasteiger partial charge < -0.3 is 5.32 Å². The Morgan fingerprint density at radius 2 is 1.90 bits per heavy atom. The molecule has 21 heavy (non-hydrogen) atoms. The van der Waals surface area contributed by atoms with Crippen molar-refractivity contribution >= 4 is 29.3 Å². The molecule has 5 heteroatoms. The fourth-order valence-electron chi connectivity index (χ4n) is 1.96. The van der Waals surface area contributed by atoms with Gasteiger partial charge in [-0.25, -0.2) is 4.39 Å². The zero-order valence-electron chi connectivity index (χ0n) is 11.7. The Morgan fingerprint density at radius 1 is 1.24 bits per heavy atom. The molecule has 0 aliphatic carbocycles. The normalized spacial score (nSPS) is 12.0. The molecule has 0 radical (unpaired) electrons. The minimum Gasteiger partial charge on any atom is -0.345 e. The van der Waals surface area contributed by atoms with Crippen molar-refractivity contribution in [2.45, 2.75) is 17.9 Å². The summed E-state index contributed by atoms with van der Waals surface area (Å²) < 4.78 is 13.7. The summed E-state index contributed by atoms with van der Waals surface area (Å²) in [4.78, 5) is 13.3. The molecule has 0 unspecified atom stereocenters. The Morgan fingerprint density at radius 3 is 2.48 bits per heavy atom. The molecule has 0 heterocycles. The quantitative estimate of drug-likeness (QED) is 0.827. The van der Waals surface area contributed by atoms with Crippen LogP contribution in [0.4, 0.5) is 4.39 Å². The SMILES string of the molecule is CSc1ccc([C@H](C)NC(=O)c2c(F)cccc2Cl)cc1. The highest BCUT2D eigenvalue weighted by molar-refractivity contribution is 7.98. The maximum absolute atomic E-state index is 13.7. The predicted molar refractivity (Wildman–Crippen MR) is 85.5 cm³/mol. The van der Waals surface area contributed by atoms with Gasteiger partial charge in [-0.3, -0.25) is 4.79 Å². The molecule has 0 aliphatic heterocycles. The number of hydrogen-bond acceptors (Lipinski definition) is 2. The van der Waals surface area contributed by atoms with Crippen LogP contribution >= 0.6 is 23.4 Å². The number of carbonyl (C=O) groups excluding carboxylic acids is 1. The van der Waals surface area contributed by atoms with Crippen LogP contribution in [0.15, 0.2) is 47.4 Å². The third-order valence-electron chi connectivity index (χ3n) is 3.15. The first-order valence-electron chi connectivity index (χ1n) is 6.41. The summed E-state index contributed by atoms with van der Waals surface area (Å²) in [5.41, 5.74) is 0.834. The number of nitrogens with one attached hydrogen (secondary N) is 1. The summed E-state index contributed by atoms with van der Waals surface area (Å²) >= 11 is 7.54. The molecular formula is C16H15ClFNOS. The second-order valence-electron chi connectivity index (χ2n) is 4.56. The van der Waals surface area contributed by atoms with E-state index in [1.165, 1.54) is 18.2 Å². The van der Waals surface area contributed by atoms with Gasteiger partial charge in [0.25, 0.3) is 5.91 Å². The van der Waals surface area contributed by atoms with E-state index >= 15 is 0 Å². The fraction of sp³-hybridized carbons (Fsp3) is 0.188. The second-order valence-corrected chi connectivity index (χ2v) is 5.85. The van der Waals surface area contributed by atoms with Gasteiger partial charge in [0.15, 0.2) is 0 Å². The lowest BCUT2D eigenvalue weighted by atomic mass is 10.1. The van der Waals surface area contributed by atoms with Crippen LogP contribution in [0.25, 0.3) is 0 Å². The van der Waals surface area contributed by atoms with Gasteiger partial charge in [-0.05, 0) is 43.0 Å². The summed E-state index contributed by atoms with van der Waals surface area (Å²) in [6, 6.07) is 11.8. The minimum atomic E-state index is -0.620. The van der Waals surface area contributed by atoms with Gasteiger partial charge in [-0.15, -0.1) is 11.8 Å². The zero-order chi connectivity index (χ0) is 15.4. The highest BCUT2D eigenvalue weighted by Crippen LogP contribution is 2.22. The van der Waals surface area contributed by atoms with Crippen LogP contribution in [0.2, 0.25) is 5.02 Å². The summed E-state index contributed by atoms with van der Waals surface area (Å²) in [6.07, 6.45) is 2.00. The van der Waals surface area contributed by atoms with E-state index in [9.17, 15) is 9.18 Å². The lowest BCUT2D eigenvalue weighted by Gasteiger charge is -2.15. The topological polar surface area (TPSA) is 29.1 Å². The highest BCUT2D eigenvalue weighted by atomic mass is 35.5. The third kappa shape index (κ3) is 3.77. The first-order chi connectivity index (χ1) is 10.0. The molecule has 0 fully saturated rings. The van der Waals surface area contributed by atoms with E-state index in [0.717, 1.165) is 10.5 Å². The molecule has 0 aliphatic rings. The molecule has 1 amide bonds. The molecule has 2 aromatic carbocycles. The van der Waals surface area contributed by atoms with Gasteiger partial charge in [0, 0.05) is 4.90 Å². The average Bonchev–Trinajstić information content (AvgIpc) is 2.47. The van der Waals surface area contributed by atoms with Crippen molar-refractivity contribution in [2.75, 3.05) is 6.26 Å². The number of amides is 1. The Hall–Kier alpha value is -1.52. The van der Waals surface area contributed by atoms with E-state index in [1.807, 2.05) is 37.4 Å². The molecular weight excluding hydrogens is 309 g/mol. The lowest BCUT2D eigenvalue weighted by Crippen LogP contribution is -2.27. The molecule has 0 saturated heterocycles. The highest BCUT2D eigenvalue weighted by Gasteiger charge is 2.18. The average molecular weight is 324 g/mol. The summed E-state index contributed by atoms with van der Waals surface area (Å²) in [6.45, 7) is 1.85. The molecule has 0 bridgehead atoms. The first-order valence-corrected chi connectivity index (χ1v) is 8.02. The zero-order valence-corrected chi connectivity index (χ0v) is 13.3. The maximum atomic E-state index is 13.7. The maximum Gasteiger partial charge on any atom is 0.256 e. The number of rotatable bonds is 4. The Kier molecular flexibility index (Phi) is 5.26. The number of thioether (sulfide) groups is 1. The van der Waals surface area contributed by atoms with E-state index < -0.39 is 11.7 Å². The van der Waals surface area contributed by atoms with Gasteiger partial charge in [0.2, 0.25) is 0 Å². The van der Waals surface area contributed by atoms with Crippen molar-refractivity contribution in [2.24, 2.45) is 0 Å². The summed E-state index contributed by atoms with van der Waals surface area (Å²) in [7, 11) is 0. The first kappa shape index (κ1) is 15.9. The van der Waals surface area contributed by atoms with Crippen LogP contribution < -0.4 is 5.32 Å². The van der Waals surface area contributed by atoms with Crippen LogP contribution in [-0.4, -0.2) is 12.2 Å². The van der Waals surface area contributed by atoms with Crippen molar-refractivity contribution in [3.8, 4) is 0 Å². The van der Waals surface area contributed by atoms with Gasteiger partial charge >= 0.3 is 0 Å². The van der Waals surface area contributed by atoms with Crippen molar-refractivity contribution < 1.29 is 9.18 Å². The van der Waals surface area contributed by atoms with Crippen molar-refractivity contribution in [3.05, 3.63) is 64.4 Å². The van der Waals surface area contributed by atoms with Gasteiger partial charge in [0.1, 0.15) is 5.82 Å². The second kappa shape index (κ2) is 6.96. The number of benzene rings is 2. The van der Waals surface area contributed by atoms with Crippen LogP contribution in [-0.2, 0) is 0 Å². The predicted octanol–water partition coefficient (Wildman–Crippen LogP) is 4.69. The number of halogens is 2. The van der Waals surface area contributed by atoms with Crippen LogP contribution in [0, 0.1) is 5.82 Å². The van der Waals surface area contributed by atoms with Gasteiger partial charge in [-0.1, -0.05) is 29.8 Å². The van der Waals surface area contributed by atoms with Crippen molar-refractivity contribution in [3.63, 3.8) is 0 Å². The van der Waals surface area contributed by atoms with E-state index in [-0.39, 0.29) is 16.6 Å². The molecule has 1 atom stereocenters. The van der Waals surface area contributed by atoms with E-state index in [1.54, 1.807) is 11.8 Å². The molecule has 0 spiro atoms. The van der Waals surface area contributed by atoms with Crippen molar-refractivity contribution in [1.82, 2.24) is 5.32 Å². The van der Waals surface area contributed by atoms with E-state index in [0.29, 0.717) is 0 Å².